The lowest BCUT2D eigenvalue weighted by atomic mass is 10.3. The summed E-state index contributed by atoms with van der Waals surface area (Å²) in [5.74, 6) is 0.0947. The topological polar surface area (TPSA) is 58.4 Å². The van der Waals surface area contributed by atoms with Gasteiger partial charge in [0, 0.05) is 13.1 Å². The van der Waals surface area contributed by atoms with Gasteiger partial charge in [-0.1, -0.05) is 0 Å². The van der Waals surface area contributed by atoms with Gasteiger partial charge in [-0.15, -0.1) is 0 Å². The Kier molecular flexibility index (Phi) is 3.71. The van der Waals surface area contributed by atoms with Crippen LogP contribution in [0.1, 0.15) is 26.8 Å². The van der Waals surface area contributed by atoms with Crippen LogP contribution in [0.3, 0.4) is 0 Å². The largest absolute Gasteiger partial charge is 0.505 e. The van der Waals surface area contributed by atoms with Gasteiger partial charge >= 0.3 is 0 Å². The number of carbonyl (C=O) groups excluding carboxylic acids is 1. The van der Waals surface area contributed by atoms with E-state index in [1.165, 1.54) is 17.1 Å². The van der Waals surface area contributed by atoms with E-state index >= 15 is 0 Å². The van der Waals surface area contributed by atoms with Gasteiger partial charge < -0.3 is 10.0 Å². The molecule has 1 heterocycles. The molecule has 15 heavy (non-hydrogen) atoms. The lowest BCUT2D eigenvalue weighted by molar-refractivity contribution is -0.134. The Labute approximate surface area is 89.3 Å². The molecule has 1 amide bonds. The number of likely N-dealkylation sites (N-methyl/N-ethyl adjacent to an activating group) is 1. The van der Waals surface area contributed by atoms with E-state index in [0.717, 1.165) is 0 Å². The average Bonchev–Trinajstić information content (AvgIpc) is 2.65. The zero-order valence-corrected chi connectivity index (χ0v) is 9.34. The van der Waals surface area contributed by atoms with Crippen molar-refractivity contribution in [3.63, 3.8) is 0 Å². The molecule has 1 rings (SSSR count). The standard InChI is InChI=1S/C10H17N3O2/c1-4-12(5-2)10(15)8(3)13-7-9(14)6-11-13/h6-8,14H,4-5H2,1-3H3. The minimum absolute atomic E-state index is 0.0168. The molecule has 0 spiro atoms. The molecule has 0 fully saturated rings. The van der Waals surface area contributed by atoms with Crippen molar-refractivity contribution in [2.75, 3.05) is 13.1 Å². The van der Waals surface area contributed by atoms with Crippen molar-refractivity contribution in [2.24, 2.45) is 0 Å². The molecule has 0 bridgehead atoms. The Morgan fingerprint density at radius 2 is 2.20 bits per heavy atom. The molecule has 1 N–H and O–H groups in total. The first-order valence-electron chi connectivity index (χ1n) is 5.12. The van der Waals surface area contributed by atoms with Gasteiger partial charge in [0.2, 0.25) is 5.91 Å². The summed E-state index contributed by atoms with van der Waals surface area (Å²) in [6, 6.07) is -0.370. The number of amides is 1. The Hall–Kier alpha value is -1.52. The van der Waals surface area contributed by atoms with E-state index < -0.39 is 0 Å². The number of aromatic hydroxyl groups is 1. The highest BCUT2D eigenvalue weighted by atomic mass is 16.3. The van der Waals surface area contributed by atoms with Gasteiger partial charge in [0.15, 0.2) is 5.75 Å². The van der Waals surface area contributed by atoms with Gasteiger partial charge in [-0.05, 0) is 20.8 Å². The molecule has 1 unspecified atom stereocenters. The number of rotatable bonds is 4. The minimum atomic E-state index is -0.370. The summed E-state index contributed by atoms with van der Waals surface area (Å²) in [6.07, 6.45) is 2.78. The summed E-state index contributed by atoms with van der Waals surface area (Å²) in [6.45, 7) is 7.02. The Morgan fingerprint density at radius 3 is 2.60 bits per heavy atom. The van der Waals surface area contributed by atoms with Crippen LogP contribution in [-0.2, 0) is 4.79 Å². The van der Waals surface area contributed by atoms with Crippen LogP contribution >= 0.6 is 0 Å². The highest BCUT2D eigenvalue weighted by Crippen LogP contribution is 2.13. The summed E-state index contributed by atoms with van der Waals surface area (Å²) in [4.78, 5) is 13.6. The quantitative estimate of drug-likeness (QED) is 0.808. The maximum Gasteiger partial charge on any atom is 0.247 e. The highest BCUT2D eigenvalue weighted by molar-refractivity contribution is 5.79. The van der Waals surface area contributed by atoms with E-state index in [1.807, 2.05) is 13.8 Å². The SMILES string of the molecule is CCN(CC)C(=O)C(C)n1cc(O)cn1. The van der Waals surface area contributed by atoms with Crippen molar-refractivity contribution in [2.45, 2.75) is 26.8 Å². The van der Waals surface area contributed by atoms with E-state index in [-0.39, 0.29) is 17.7 Å². The zero-order valence-electron chi connectivity index (χ0n) is 9.34. The van der Waals surface area contributed by atoms with E-state index in [2.05, 4.69) is 5.10 Å². The molecular formula is C10H17N3O2. The van der Waals surface area contributed by atoms with Crippen molar-refractivity contribution >= 4 is 5.91 Å². The Balaban J connectivity index is 2.76. The van der Waals surface area contributed by atoms with E-state index in [1.54, 1.807) is 11.8 Å². The van der Waals surface area contributed by atoms with Crippen LogP contribution in [0, 0.1) is 0 Å². The maximum absolute atomic E-state index is 11.9. The number of hydrogen-bond donors (Lipinski definition) is 1. The molecule has 84 valence electrons. The highest BCUT2D eigenvalue weighted by Gasteiger charge is 2.20. The number of aromatic nitrogens is 2. The smallest absolute Gasteiger partial charge is 0.247 e. The van der Waals surface area contributed by atoms with Crippen LogP contribution in [0.4, 0.5) is 0 Å². The molecular weight excluding hydrogens is 194 g/mol. The Bertz CT molecular complexity index is 331. The van der Waals surface area contributed by atoms with Gasteiger partial charge in [-0.3, -0.25) is 9.48 Å². The first kappa shape index (κ1) is 11.6. The predicted octanol–water partition coefficient (Wildman–Crippen LogP) is 1.02. The van der Waals surface area contributed by atoms with Crippen LogP contribution in [0.2, 0.25) is 0 Å². The van der Waals surface area contributed by atoms with Gasteiger partial charge in [-0.25, -0.2) is 0 Å². The molecule has 0 radical (unpaired) electrons. The predicted molar refractivity (Wildman–Crippen MR) is 56.5 cm³/mol. The van der Waals surface area contributed by atoms with Gasteiger partial charge in [-0.2, -0.15) is 5.10 Å². The average molecular weight is 211 g/mol. The molecule has 0 saturated heterocycles. The van der Waals surface area contributed by atoms with Gasteiger partial charge in [0.05, 0.1) is 12.4 Å². The first-order chi connectivity index (χ1) is 7.10. The van der Waals surface area contributed by atoms with Crippen molar-refractivity contribution < 1.29 is 9.90 Å². The van der Waals surface area contributed by atoms with Crippen molar-refractivity contribution in [1.82, 2.24) is 14.7 Å². The second-order valence-electron chi connectivity index (χ2n) is 3.37. The van der Waals surface area contributed by atoms with E-state index in [9.17, 15) is 4.79 Å². The third kappa shape index (κ3) is 2.49. The molecule has 1 aromatic heterocycles. The van der Waals surface area contributed by atoms with Crippen LogP contribution in [0.15, 0.2) is 12.4 Å². The molecule has 1 aromatic rings. The fraction of sp³-hybridized carbons (Fsp3) is 0.600. The molecule has 0 aliphatic rings. The van der Waals surface area contributed by atoms with E-state index in [0.29, 0.717) is 13.1 Å². The van der Waals surface area contributed by atoms with Crippen LogP contribution in [-0.4, -0.2) is 38.8 Å². The molecule has 5 heteroatoms. The fourth-order valence-corrected chi connectivity index (χ4v) is 1.45. The third-order valence-electron chi connectivity index (χ3n) is 2.42. The normalized spacial score (nSPS) is 12.5. The maximum atomic E-state index is 11.9. The molecule has 1 atom stereocenters. The van der Waals surface area contributed by atoms with Crippen molar-refractivity contribution in [1.29, 1.82) is 0 Å². The molecule has 0 aliphatic carbocycles. The lowest BCUT2D eigenvalue weighted by Crippen LogP contribution is -2.36. The van der Waals surface area contributed by atoms with Crippen LogP contribution in [0.25, 0.3) is 0 Å². The monoisotopic (exact) mass is 211 g/mol. The summed E-state index contributed by atoms with van der Waals surface area (Å²) in [7, 11) is 0. The number of hydrogen-bond acceptors (Lipinski definition) is 3. The molecule has 0 saturated carbocycles. The summed E-state index contributed by atoms with van der Waals surface area (Å²) >= 11 is 0. The van der Waals surface area contributed by atoms with Gasteiger partial charge in [0.25, 0.3) is 0 Å². The molecule has 0 aromatic carbocycles. The fourth-order valence-electron chi connectivity index (χ4n) is 1.45. The number of carbonyl (C=O) groups is 1. The van der Waals surface area contributed by atoms with Crippen molar-refractivity contribution in [3.05, 3.63) is 12.4 Å². The minimum Gasteiger partial charge on any atom is -0.505 e. The van der Waals surface area contributed by atoms with Gasteiger partial charge in [0.1, 0.15) is 6.04 Å². The second-order valence-corrected chi connectivity index (χ2v) is 3.37. The number of nitrogens with zero attached hydrogens (tertiary/aromatic N) is 3. The Morgan fingerprint density at radius 1 is 1.60 bits per heavy atom. The van der Waals surface area contributed by atoms with Crippen LogP contribution in [0.5, 0.6) is 5.75 Å². The summed E-state index contributed by atoms with van der Waals surface area (Å²) < 4.78 is 1.47. The van der Waals surface area contributed by atoms with Crippen LogP contribution < -0.4 is 0 Å². The summed E-state index contributed by atoms with van der Waals surface area (Å²) in [5, 5.41) is 13.0. The zero-order chi connectivity index (χ0) is 11.4. The molecule has 0 aliphatic heterocycles. The first-order valence-corrected chi connectivity index (χ1v) is 5.12. The van der Waals surface area contributed by atoms with Crippen molar-refractivity contribution in [3.8, 4) is 5.75 Å². The van der Waals surface area contributed by atoms with E-state index in [4.69, 9.17) is 5.11 Å². The molecule has 5 nitrogen and oxygen atoms in total. The third-order valence-corrected chi connectivity index (χ3v) is 2.42. The summed E-state index contributed by atoms with van der Waals surface area (Å²) in [5.41, 5.74) is 0. The second kappa shape index (κ2) is 4.82. The lowest BCUT2D eigenvalue weighted by Gasteiger charge is -2.22.